The van der Waals surface area contributed by atoms with Gasteiger partial charge in [-0.15, -0.1) is 0 Å². The SMILES string of the molecule is Cc1ncccc1-c1cccnc1-c1cc(F)cc(S(N)(=O)=O)c1. The van der Waals surface area contributed by atoms with Gasteiger partial charge in [0.25, 0.3) is 0 Å². The average molecular weight is 343 g/mol. The highest BCUT2D eigenvalue weighted by Gasteiger charge is 2.16. The second kappa shape index (κ2) is 6.10. The fraction of sp³-hybridized carbons (Fsp3) is 0.0588. The Morgan fingerprint density at radius 1 is 1.00 bits per heavy atom. The number of hydrogen-bond acceptors (Lipinski definition) is 4. The van der Waals surface area contributed by atoms with Crippen LogP contribution in [-0.4, -0.2) is 18.4 Å². The maximum atomic E-state index is 13.9. The highest BCUT2D eigenvalue weighted by atomic mass is 32.2. The molecule has 0 radical (unpaired) electrons. The second-order valence-corrected chi connectivity index (χ2v) is 6.82. The van der Waals surface area contributed by atoms with Crippen molar-refractivity contribution in [2.24, 2.45) is 5.14 Å². The third-order valence-corrected chi connectivity index (χ3v) is 4.47. The van der Waals surface area contributed by atoms with Crippen molar-refractivity contribution in [3.63, 3.8) is 0 Å². The van der Waals surface area contributed by atoms with Gasteiger partial charge in [0.15, 0.2) is 0 Å². The zero-order valence-electron chi connectivity index (χ0n) is 12.8. The van der Waals surface area contributed by atoms with Gasteiger partial charge in [0.2, 0.25) is 10.0 Å². The minimum Gasteiger partial charge on any atom is -0.261 e. The Bertz CT molecular complexity index is 1020. The number of nitrogens with zero attached hydrogens (tertiary/aromatic N) is 2. The molecule has 0 unspecified atom stereocenters. The molecule has 0 fully saturated rings. The van der Waals surface area contributed by atoms with Crippen LogP contribution in [-0.2, 0) is 10.0 Å². The van der Waals surface area contributed by atoms with Crippen LogP contribution in [0.4, 0.5) is 4.39 Å². The van der Waals surface area contributed by atoms with Gasteiger partial charge in [0, 0.05) is 34.8 Å². The fourth-order valence-electron chi connectivity index (χ4n) is 2.49. The van der Waals surface area contributed by atoms with Crippen molar-refractivity contribution in [2.45, 2.75) is 11.8 Å². The minimum absolute atomic E-state index is 0.294. The van der Waals surface area contributed by atoms with Gasteiger partial charge >= 0.3 is 0 Å². The smallest absolute Gasteiger partial charge is 0.238 e. The summed E-state index contributed by atoms with van der Waals surface area (Å²) in [6.07, 6.45) is 3.24. The number of benzene rings is 1. The Balaban J connectivity index is 2.26. The van der Waals surface area contributed by atoms with Gasteiger partial charge in [0.05, 0.1) is 10.6 Å². The third-order valence-electron chi connectivity index (χ3n) is 3.58. The van der Waals surface area contributed by atoms with Crippen LogP contribution in [0.2, 0.25) is 0 Å². The second-order valence-electron chi connectivity index (χ2n) is 5.26. The summed E-state index contributed by atoms with van der Waals surface area (Å²) in [5.74, 6) is -0.698. The lowest BCUT2D eigenvalue weighted by Crippen LogP contribution is -2.12. The molecule has 3 rings (SSSR count). The van der Waals surface area contributed by atoms with E-state index < -0.39 is 15.8 Å². The quantitative estimate of drug-likeness (QED) is 0.792. The maximum Gasteiger partial charge on any atom is 0.238 e. The number of rotatable bonds is 3. The molecule has 0 aliphatic rings. The molecule has 0 bridgehead atoms. The predicted molar refractivity (Wildman–Crippen MR) is 89.0 cm³/mol. The first-order valence-corrected chi connectivity index (χ1v) is 8.61. The topological polar surface area (TPSA) is 85.9 Å². The molecule has 2 heterocycles. The van der Waals surface area contributed by atoms with Gasteiger partial charge in [-0.2, -0.15) is 0 Å². The van der Waals surface area contributed by atoms with Crippen LogP contribution in [0.3, 0.4) is 0 Å². The summed E-state index contributed by atoms with van der Waals surface area (Å²) in [7, 11) is -4.02. The fourth-order valence-corrected chi connectivity index (χ4v) is 3.05. The molecular formula is C17H14FN3O2S. The van der Waals surface area contributed by atoms with E-state index in [1.807, 2.05) is 19.1 Å². The standard InChI is InChI=1S/C17H14FN3O2S/c1-11-15(4-2-6-20-11)16-5-3-7-21-17(16)12-8-13(18)10-14(9-12)24(19,22)23/h2-10H,1H3,(H2,19,22,23). The van der Waals surface area contributed by atoms with Crippen LogP contribution in [0.15, 0.2) is 59.8 Å². The van der Waals surface area contributed by atoms with E-state index in [1.54, 1.807) is 24.5 Å². The van der Waals surface area contributed by atoms with E-state index in [2.05, 4.69) is 9.97 Å². The first-order chi connectivity index (χ1) is 11.4. The molecule has 3 aromatic rings. The first-order valence-electron chi connectivity index (χ1n) is 7.07. The number of halogens is 1. The molecule has 0 aliphatic heterocycles. The van der Waals surface area contributed by atoms with Crippen LogP contribution in [0.1, 0.15) is 5.69 Å². The third kappa shape index (κ3) is 3.17. The molecular weight excluding hydrogens is 329 g/mol. The van der Waals surface area contributed by atoms with E-state index in [0.717, 1.165) is 22.9 Å². The molecule has 7 heteroatoms. The molecule has 5 nitrogen and oxygen atoms in total. The molecule has 24 heavy (non-hydrogen) atoms. The monoisotopic (exact) mass is 343 g/mol. The van der Waals surface area contributed by atoms with Gasteiger partial charge in [-0.25, -0.2) is 17.9 Å². The number of primary sulfonamides is 1. The van der Waals surface area contributed by atoms with E-state index in [-0.39, 0.29) is 4.90 Å². The lowest BCUT2D eigenvalue weighted by atomic mass is 9.98. The Kier molecular flexibility index (Phi) is 4.13. The Hall–Kier alpha value is -2.64. The summed E-state index contributed by atoms with van der Waals surface area (Å²) < 4.78 is 37.0. The number of aromatic nitrogens is 2. The lowest BCUT2D eigenvalue weighted by Gasteiger charge is -2.11. The van der Waals surface area contributed by atoms with Gasteiger partial charge in [-0.3, -0.25) is 9.97 Å². The van der Waals surface area contributed by atoms with E-state index >= 15 is 0 Å². The summed E-state index contributed by atoms with van der Waals surface area (Å²) >= 11 is 0. The van der Waals surface area contributed by atoms with Gasteiger partial charge in [-0.1, -0.05) is 12.1 Å². The van der Waals surface area contributed by atoms with Gasteiger partial charge in [0.1, 0.15) is 5.82 Å². The Morgan fingerprint density at radius 3 is 2.33 bits per heavy atom. The van der Waals surface area contributed by atoms with Crippen LogP contribution in [0.5, 0.6) is 0 Å². The predicted octanol–water partition coefficient (Wildman–Crippen LogP) is 2.91. The van der Waals surface area contributed by atoms with Crippen molar-refractivity contribution >= 4 is 10.0 Å². The molecule has 0 atom stereocenters. The summed E-state index contributed by atoms with van der Waals surface area (Å²) in [4.78, 5) is 8.25. The molecule has 122 valence electrons. The van der Waals surface area contributed by atoms with E-state index in [1.165, 1.54) is 12.1 Å². The summed E-state index contributed by atoms with van der Waals surface area (Å²) in [6, 6.07) is 10.7. The highest BCUT2D eigenvalue weighted by Crippen LogP contribution is 2.32. The molecule has 2 aromatic heterocycles. The van der Waals surface area contributed by atoms with Gasteiger partial charge in [-0.05, 0) is 37.3 Å². The van der Waals surface area contributed by atoms with Crippen molar-refractivity contribution in [3.8, 4) is 22.4 Å². The summed E-state index contributed by atoms with van der Waals surface area (Å²) in [5, 5.41) is 5.12. The number of pyridine rings is 2. The zero-order valence-corrected chi connectivity index (χ0v) is 13.6. The van der Waals surface area contributed by atoms with Crippen molar-refractivity contribution < 1.29 is 12.8 Å². The van der Waals surface area contributed by atoms with Crippen molar-refractivity contribution in [1.82, 2.24) is 9.97 Å². The van der Waals surface area contributed by atoms with Crippen LogP contribution >= 0.6 is 0 Å². The molecule has 2 N–H and O–H groups in total. The van der Waals surface area contributed by atoms with Crippen molar-refractivity contribution in [2.75, 3.05) is 0 Å². The van der Waals surface area contributed by atoms with E-state index in [9.17, 15) is 12.8 Å². The molecule has 0 amide bonds. The number of hydrogen-bond donors (Lipinski definition) is 1. The Morgan fingerprint density at radius 2 is 1.67 bits per heavy atom. The van der Waals surface area contributed by atoms with Gasteiger partial charge < -0.3 is 0 Å². The van der Waals surface area contributed by atoms with E-state index in [4.69, 9.17) is 5.14 Å². The molecule has 1 aromatic carbocycles. The minimum atomic E-state index is -4.02. The number of sulfonamides is 1. The molecule has 0 saturated carbocycles. The van der Waals surface area contributed by atoms with E-state index in [0.29, 0.717) is 11.3 Å². The van der Waals surface area contributed by atoms with Crippen LogP contribution < -0.4 is 5.14 Å². The highest BCUT2D eigenvalue weighted by molar-refractivity contribution is 7.89. The molecule has 0 spiro atoms. The number of nitrogens with two attached hydrogens (primary N) is 1. The van der Waals surface area contributed by atoms with Crippen LogP contribution in [0, 0.1) is 12.7 Å². The van der Waals surface area contributed by atoms with Crippen molar-refractivity contribution in [3.05, 3.63) is 66.4 Å². The summed E-state index contributed by atoms with van der Waals surface area (Å²) in [5.41, 5.74) is 3.14. The maximum absolute atomic E-state index is 13.9. The molecule has 0 saturated heterocycles. The first kappa shape index (κ1) is 16.2. The zero-order chi connectivity index (χ0) is 17.3. The van der Waals surface area contributed by atoms with Crippen LogP contribution in [0.25, 0.3) is 22.4 Å². The molecule has 0 aliphatic carbocycles. The summed E-state index contributed by atoms with van der Waals surface area (Å²) in [6.45, 7) is 1.85. The largest absolute Gasteiger partial charge is 0.261 e. The Labute approximate surface area is 139 Å². The average Bonchev–Trinajstić information content (AvgIpc) is 2.54. The number of aryl methyl sites for hydroxylation is 1. The lowest BCUT2D eigenvalue weighted by molar-refractivity contribution is 0.592. The van der Waals surface area contributed by atoms with Crippen molar-refractivity contribution in [1.29, 1.82) is 0 Å². The normalized spacial score (nSPS) is 11.5.